The maximum atomic E-state index is 10.8. The molecule has 0 unspecified atom stereocenters. The normalized spacial score (nSPS) is 12.1. The van der Waals surface area contributed by atoms with Gasteiger partial charge in [-0.3, -0.25) is 0 Å². The summed E-state index contributed by atoms with van der Waals surface area (Å²) < 4.78 is 0. The third-order valence-corrected chi connectivity index (χ3v) is 2.99. The van der Waals surface area contributed by atoms with E-state index in [0.717, 1.165) is 24.1 Å². The Kier molecular flexibility index (Phi) is 5.58. The molecule has 0 amide bonds. The Morgan fingerprint density at radius 3 is 2.87 bits per heavy atom. The maximum Gasteiger partial charge on any atom is 0.142 e. The van der Waals surface area contributed by atoms with Gasteiger partial charge in [0.2, 0.25) is 0 Å². The number of rotatable bonds is 6. The molecule has 1 atom stereocenters. The number of carbonyl (C=O) groups excluding carboxylic acids is 1. The van der Waals surface area contributed by atoms with Crippen molar-refractivity contribution in [3.63, 3.8) is 0 Å². The van der Waals surface area contributed by atoms with Crippen LogP contribution in [0.3, 0.4) is 0 Å². The summed E-state index contributed by atoms with van der Waals surface area (Å²) in [4.78, 5) is 10.8. The van der Waals surface area contributed by atoms with Crippen LogP contribution in [0.2, 0.25) is 5.02 Å². The summed E-state index contributed by atoms with van der Waals surface area (Å²) in [6, 6.07) is 7.28. The average Bonchev–Trinajstić information content (AvgIpc) is 2.26. The van der Waals surface area contributed by atoms with Crippen LogP contribution in [-0.4, -0.2) is 24.3 Å². The smallest absolute Gasteiger partial charge is 0.142 e. The topological polar surface area (TPSA) is 29.1 Å². The molecule has 0 radical (unpaired) electrons. The predicted octanol–water partition coefficient (Wildman–Crippen LogP) is 3.07. The number of carbonyl (C=O) groups is 1. The van der Waals surface area contributed by atoms with Crippen molar-refractivity contribution in [3.05, 3.63) is 29.3 Å². The van der Waals surface area contributed by atoms with Crippen molar-refractivity contribution in [2.75, 3.05) is 17.3 Å². The van der Waals surface area contributed by atoms with E-state index in [1.807, 2.05) is 24.5 Å². The minimum absolute atomic E-state index is 0.155. The molecule has 2 nitrogen and oxygen atoms in total. The molecule has 0 aliphatic rings. The average molecular weight is 244 g/mol. The van der Waals surface area contributed by atoms with Gasteiger partial charge in [-0.1, -0.05) is 23.7 Å². The minimum atomic E-state index is -0.155. The second-order valence-corrected chi connectivity index (χ2v) is 4.54. The van der Waals surface area contributed by atoms with E-state index in [0.29, 0.717) is 5.02 Å². The van der Waals surface area contributed by atoms with Gasteiger partial charge in [-0.25, -0.2) is 0 Å². The Morgan fingerprint density at radius 1 is 1.53 bits per heavy atom. The molecule has 0 aliphatic carbocycles. The van der Waals surface area contributed by atoms with E-state index in [1.54, 1.807) is 17.8 Å². The second-order valence-electron chi connectivity index (χ2n) is 3.15. The van der Waals surface area contributed by atoms with Gasteiger partial charge in [0, 0.05) is 0 Å². The molecule has 0 saturated carbocycles. The van der Waals surface area contributed by atoms with E-state index < -0.39 is 0 Å². The highest BCUT2D eigenvalue weighted by Crippen LogP contribution is 2.21. The number of aldehydes is 1. The third kappa shape index (κ3) is 4.14. The van der Waals surface area contributed by atoms with Crippen LogP contribution in [0.1, 0.15) is 6.42 Å². The Morgan fingerprint density at radius 2 is 2.27 bits per heavy atom. The Balaban J connectivity index is 2.58. The van der Waals surface area contributed by atoms with Crippen LogP contribution in [0.25, 0.3) is 0 Å². The van der Waals surface area contributed by atoms with Gasteiger partial charge in [-0.05, 0) is 30.6 Å². The molecular weight excluding hydrogens is 230 g/mol. The zero-order valence-corrected chi connectivity index (χ0v) is 10.1. The Hall–Kier alpha value is -0.670. The predicted molar refractivity (Wildman–Crippen MR) is 67.9 cm³/mol. The number of benzene rings is 1. The highest BCUT2D eigenvalue weighted by Gasteiger charge is 2.07. The summed E-state index contributed by atoms with van der Waals surface area (Å²) in [5.41, 5.74) is 0.817. The van der Waals surface area contributed by atoms with Crippen LogP contribution in [0.5, 0.6) is 0 Å². The summed E-state index contributed by atoms with van der Waals surface area (Å²) in [6.07, 6.45) is 3.77. The summed E-state index contributed by atoms with van der Waals surface area (Å²) in [6.45, 7) is 0. The number of halogens is 1. The molecule has 4 heteroatoms. The van der Waals surface area contributed by atoms with E-state index in [-0.39, 0.29) is 6.04 Å². The highest BCUT2D eigenvalue weighted by atomic mass is 35.5. The standard InChI is InChI=1S/C11H14ClNOS/c1-15-7-6-9(8-14)13-11-5-3-2-4-10(11)12/h2-5,8-9,13H,6-7H2,1H3/t9-/m1/s1. The van der Waals surface area contributed by atoms with Gasteiger partial charge in [0.1, 0.15) is 6.29 Å². The number of hydrogen-bond acceptors (Lipinski definition) is 3. The molecule has 0 aliphatic heterocycles. The van der Waals surface area contributed by atoms with E-state index in [4.69, 9.17) is 11.6 Å². The number of para-hydroxylation sites is 1. The summed E-state index contributed by atoms with van der Waals surface area (Å²) in [5.74, 6) is 0.959. The zero-order chi connectivity index (χ0) is 11.1. The molecule has 1 N–H and O–H groups in total. The molecule has 15 heavy (non-hydrogen) atoms. The monoisotopic (exact) mass is 243 g/mol. The van der Waals surface area contributed by atoms with Crippen molar-refractivity contribution in [1.29, 1.82) is 0 Å². The van der Waals surface area contributed by atoms with Crippen LogP contribution in [0.15, 0.2) is 24.3 Å². The Bertz CT molecular complexity index is 319. The largest absolute Gasteiger partial charge is 0.374 e. The van der Waals surface area contributed by atoms with Crippen molar-refractivity contribution in [3.8, 4) is 0 Å². The molecule has 82 valence electrons. The summed E-state index contributed by atoms with van der Waals surface area (Å²) in [5, 5.41) is 3.77. The van der Waals surface area contributed by atoms with Crippen LogP contribution in [0, 0.1) is 0 Å². The summed E-state index contributed by atoms with van der Waals surface area (Å²) in [7, 11) is 0. The fourth-order valence-corrected chi connectivity index (χ4v) is 1.88. The highest BCUT2D eigenvalue weighted by molar-refractivity contribution is 7.98. The van der Waals surface area contributed by atoms with E-state index in [2.05, 4.69) is 5.32 Å². The number of thioether (sulfide) groups is 1. The van der Waals surface area contributed by atoms with Gasteiger partial charge in [0.05, 0.1) is 16.8 Å². The van der Waals surface area contributed by atoms with Crippen molar-refractivity contribution >= 4 is 35.3 Å². The lowest BCUT2D eigenvalue weighted by atomic mass is 10.2. The van der Waals surface area contributed by atoms with Gasteiger partial charge in [0.15, 0.2) is 0 Å². The molecule has 1 rings (SSSR count). The van der Waals surface area contributed by atoms with Crippen LogP contribution < -0.4 is 5.32 Å². The SMILES string of the molecule is CSCC[C@H](C=O)Nc1ccccc1Cl. The molecule has 0 saturated heterocycles. The lowest BCUT2D eigenvalue weighted by Crippen LogP contribution is -2.21. The van der Waals surface area contributed by atoms with Gasteiger partial charge in [0.25, 0.3) is 0 Å². The second kappa shape index (κ2) is 6.75. The zero-order valence-electron chi connectivity index (χ0n) is 8.57. The molecule has 0 aromatic heterocycles. The first-order chi connectivity index (χ1) is 7.27. The van der Waals surface area contributed by atoms with Gasteiger partial charge in [-0.2, -0.15) is 11.8 Å². The molecule has 0 bridgehead atoms. The quantitative estimate of drug-likeness (QED) is 0.779. The first-order valence-corrected chi connectivity index (χ1v) is 6.50. The van der Waals surface area contributed by atoms with Gasteiger partial charge >= 0.3 is 0 Å². The van der Waals surface area contributed by atoms with Crippen molar-refractivity contribution in [1.82, 2.24) is 0 Å². The first-order valence-electron chi connectivity index (χ1n) is 4.73. The van der Waals surface area contributed by atoms with E-state index in [9.17, 15) is 4.79 Å². The van der Waals surface area contributed by atoms with Crippen LogP contribution in [-0.2, 0) is 4.79 Å². The third-order valence-electron chi connectivity index (χ3n) is 2.01. The van der Waals surface area contributed by atoms with E-state index >= 15 is 0 Å². The maximum absolute atomic E-state index is 10.8. The van der Waals surface area contributed by atoms with Crippen LogP contribution >= 0.6 is 23.4 Å². The molecule has 1 aromatic rings. The molecule has 0 spiro atoms. The number of hydrogen-bond donors (Lipinski definition) is 1. The molecular formula is C11H14ClNOS. The van der Waals surface area contributed by atoms with Crippen molar-refractivity contribution < 1.29 is 4.79 Å². The number of nitrogens with one attached hydrogen (secondary N) is 1. The minimum Gasteiger partial charge on any atom is -0.374 e. The lowest BCUT2D eigenvalue weighted by Gasteiger charge is -2.14. The molecule has 0 heterocycles. The van der Waals surface area contributed by atoms with Crippen LogP contribution in [0.4, 0.5) is 5.69 Å². The molecule has 0 fully saturated rings. The Labute approximate surface area is 99.4 Å². The van der Waals surface area contributed by atoms with Crippen molar-refractivity contribution in [2.45, 2.75) is 12.5 Å². The van der Waals surface area contributed by atoms with E-state index in [1.165, 1.54) is 0 Å². The first kappa shape index (κ1) is 12.4. The van der Waals surface area contributed by atoms with Gasteiger partial charge in [-0.15, -0.1) is 0 Å². The van der Waals surface area contributed by atoms with Crippen molar-refractivity contribution in [2.24, 2.45) is 0 Å². The number of anilines is 1. The summed E-state index contributed by atoms with van der Waals surface area (Å²) >= 11 is 7.70. The molecule has 1 aromatic carbocycles. The fourth-order valence-electron chi connectivity index (χ4n) is 1.20. The van der Waals surface area contributed by atoms with Gasteiger partial charge < -0.3 is 10.1 Å². The lowest BCUT2D eigenvalue weighted by molar-refractivity contribution is -0.108. The fraction of sp³-hybridized carbons (Fsp3) is 0.364.